The van der Waals surface area contributed by atoms with E-state index in [0.717, 1.165) is 30.9 Å². The lowest BCUT2D eigenvalue weighted by atomic mass is 9.96. The molecule has 0 aliphatic carbocycles. The molecule has 0 spiro atoms. The lowest BCUT2D eigenvalue weighted by molar-refractivity contribution is 0.0698. The molecule has 0 radical (unpaired) electrons. The summed E-state index contributed by atoms with van der Waals surface area (Å²) in [5, 5.41) is 12.6. The maximum atomic E-state index is 11.2. The van der Waals surface area contributed by atoms with Crippen LogP contribution in [0.25, 0.3) is 0 Å². The van der Waals surface area contributed by atoms with Crippen LogP contribution in [0, 0.1) is 12.8 Å². The number of piperidine rings is 1. The summed E-state index contributed by atoms with van der Waals surface area (Å²) in [6.07, 6.45) is 2.36. The van der Waals surface area contributed by atoms with Crippen molar-refractivity contribution in [2.24, 2.45) is 5.92 Å². The first-order chi connectivity index (χ1) is 9.08. The molecule has 1 aliphatic heterocycles. The number of likely N-dealkylation sites (tertiary alicyclic amines) is 1. The van der Waals surface area contributed by atoms with Crippen LogP contribution in [0.4, 0.5) is 5.69 Å². The number of aromatic carboxylic acids is 1. The first-order valence-corrected chi connectivity index (χ1v) is 6.83. The minimum absolute atomic E-state index is 0.368. The quantitative estimate of drug-likeness (QED) is 0.875. The van der Waals surface area contributed by atoms with Gasteiger partial charge in [-0.2, -0.15) is 0 Å². The third-order valence-electron chi connectivity index (χ3n) is 3.91. The Morgan fingerprint density at radius 3 is 2.74 bits per heavy atom. The third-order valence-corrected chi connectivity index (χ3v) is 3.91. The van der Waals surface area contributed by atoms with E-state index in [-0.39, 0.29) is 0 Å². The number of para-hydroxylation sites is 1. The number of hydrogen-bond acceptors (Lipinski definition) is 3. The molecule has 1 aliphatic rings. The van der Waals surface area contributed by atoms with Gasteiger partial charge in [-0.05, 0) is 57.5 Å². The molecule has 0 saturated carbocycles. The van der Waals surface area contributed by atoms with E-state index in [1.54, 1.807) is 12.1 Å². The van der Waals surface area contributed by atoms with Crippen LogP contribution in [0.5, 0.6) is 0 Å². The Labute approximate surface area is 114 Å². The number of anilines is 1. The number of carboxylic acids is 1. The molecule has 0 aromatic heterocycles. The molecule has 0 unspecified atom stereocenters. The van der Waals surface area contributed by atoms with Crippen molar-refractivity contribution in [2.45, 2.75) is 19.8 Å². The molecule has 0 amide bonds. The number of aryl methyl sites for hydroxylation is 1. The monoisotopic (exact) mass is 262 g/mol. The van der Waals surface area contributed by atoms with E-state index >= 15 is 0 Å². The largest absolute Gasteiger partial charge is 0.478 e. The average molecular weight is 262 g/mol. The number of nitrogens with one attached hydrogen (secondary N) is 1. The van der Waals surface area contributed by atoms with Crippen LogP contribution in [0.2, 0.25) is 0 Å². The number of carboxylic acid groups (broad SMARTS) is 1. The zero-order valence-electron chi connectivity index (χ0n) is 11.6. The minimum atomic E-state index is -0.866. The summed E-state index contributed by atoms with van der Waals surface area (Å²) in [5.41, 5.74) is 2.13. The molecule has 1 aromatic rings. The van der Waals surface area contributed by atoms with Gasteiger partial charge in [0.2, 0.25) is 0 Å². The predicted molar refractivity (Wildman–Crippen MR) is 76.8 cm³/mol. The summed E-state index contributed by atoms with van der Waals surface area (Å²) in [4.78, 5) is 13.6. The van der Waals surface area contributed by atoms with Gasteiger partial charge in [-0.3, -0.25) is 0 Å². The van der Waals surface area contributed by atoms with Crippen molar-refractivity contribution in [1.82, 2.24) is 4.90 Å². The van der Waals surface area contributed by atoms with E-state index in [0.29, 0.717) is 11.5 Å². The lowest BCUT2D eigenvalue weighted by Crippen LogP contribution is -2.33. The van der Waals surface area contributed by atoms with Crippen molar-refractivity contribution < 1.29 is 9.90 Å². The number of carbonyl (C=O) groups is 1. The van der Waals surface area contributed by atoms with Gasteiger partial charge in [-0.15, -0.1) is 0 Å². The van der Waals surface area contributed by atoms with Gasteiger partial charge < -0.3 is 15.3 Å². The summed E-state index contributed by atoms with van der Waals surface area (Å²) in [7, 11) is 2.15. The molecule has 1 fully saturated rings. The fraction of sp³-hybridized carbons (Fsp3) is 0.533. The zero-order chi connectivity index (χ0) is 13.8. The second-order valence-electron chi connectivity index (χ2n) is 5.43. The molecule has 2 N–H and O–H groups in total. The Bertz CT molecular complexity index is 451. The summed E-state index contributed by atoms with van der Waals surface area (Å²) >= 11 is 0. The molecule has 104 valence electrons. The molecule has 4 nitrogen and oxygen atoms in total. The van der Waals surface area contributed by atoms with Gasteiger partial charge in [0.1, 0.15) is 0 Å². The molecule has 0 bridgehead atoms. The highest BCUT2D eigenvalue weighted by Gasteiger charge is 2.18. The number of hydrogen-bond donors (Lipinski definition) is 2. The van der Waals surface area contributed by atoms with E-state index in [1.165, 1.54) is 12.8 Å². The number of nitrogens with zero attached hydrogens (tertiary/aromatic N) is 1. The molecule has 1 aromatic carbocycles. The van der Waals surface area contributed by atoms with Gasteiger partial charge in [0.15, 0.2) is 0 Å². The molecule has 1 saturated heterocycles. The Morgan fingerprint density at radius 2 is 2.11 bits per heavy atom. The zero-order valence-corrected chi connectivity index (χ0v) is 11.6. The summed E-state index contributed by atoms with van der Waals surface area (Å²) in [5.74, 6) is -0.230. The predicted octanol–water partition coefficient (Wildman–Crippen LogP) is 2.45. The lowest BCUT2D eigenvalue weighted by Gasteiger charge is -2.29. The Balaban J connectivity index is 2.01. The molecule has 4 heteroatoms. The topological polar surface area (TPSA) is 52.6 Å². The van der Waals surface area contributed by atoms with Crippen LogP contribution in [-0.4, -0.2) is 42.7 Å². The van der Waals surface area contributed by atoms with E-state index in [4.69, 9.17) is 0 Å². The van der Waals surface area contributed by atoms with Crippen molar-refractivity contribution in [3.05, 3.63) is 29.3 Å². The van der Waals surface area contributed by atoms with Crippen molar-refractivity contribution in [2.75, 3.05) is 32.0 Å². The Hall–Kier alpha value is -1.55. The van der Waals surface area contributed by atoms with Crippen molar-refractivity contribution >= 4 is 11.7 Å². The standard InChI is InChI=1S/C15H22N2O2/c1-11-4-3-5-13(15(18)19)14(11)16-10-12-6-8-17(2)9-7-12/h3-5,12,16H,6-10H2,1-2H3,(H,18,19). The molecule has 2 rings (SSSR count). The Morgan fingerprint density at radius 1 is 1.42 bits per heavy atom. The minimum Gasteiger partial charge on any atom is -0.478 e. The highest BCUT2D eigenvalue weighted by molar-refractivity contribution is 5.95. The van der Waals surface area contributed by atoms with Crippen molar-refractivity contribution in [3.63, 3.8) is 0 Å². The fourth-order valence-corrected chi connectivity index (χ4v) is 2.59. The van der Waals surface area contributed by atoms with Gasteiger partial charge in [-0.1, -0.05) is 12.1 Å². The van der Waals surface area contributed by atoms with Crippen LogP contribution < -0.4 is 5.32 Å². The molecule has 0 atom stereocenters. The van der Waals surface area contributed by atoms with E-state index < -0.39 is 5.97 Å². The van der Waals surface area contributed by atoms with Crippen LogP contribution in [0.15, 0.2) is 18.2 Å². The van der Waals surface area contributed by atoms with Crippen LogP contribution in [-0.2, 0) is 0 Å². The first kappa shape index (κ1) is 13.9. The van der Waals surface area contributed by atoms with Crippen molar-refractivity contribution in [1.29, 1.82) is 0 Å². The van der Waals surface area contributed by atoms with Crippen molar-refractivity contribution in [3.8, 4) is 0 Å². The number of rotatable bonds is 4. The van der Waals surface area contributed by atoms with E-state index in [1.807, 2.05) is 13.0 Å². The fourth-order valence-electron chi connectivity index (χ4n) is 2.59. The molecule has 19 heavy (non-hydrogen) atoms. The van der Waals surface area contributed by atoms with Crippen LogP contribution in [0.1, 0.15) is 28.8 Å². The van der Waals surface area contributed by atoms with Crippen LogP contribution >= 0.6 is 0 Å². The molecule has 1 heterocycles. The highest BCUT2D eigenvalue weighted by atomic mass is 16.4. The second-order valence-corrected chi connectivity index (χ2v) is 5.43. The summed E-state index contributed by atoms with van der Waals surface area (Å²) in [6.45, 7) is 5.07. The highest BCUT2D eigenvalue weighted by Crippen LogP contribution is 2.23. The normalized spacial score (nSPS) is 17.4. The Kier molecular flexibility index (Phi) is 4.43. The van der Waals surface area contributed by atoms with Crippen LogP contribution in [0.3, 0.4) is 0 Å². The molecular weight excluding hydrogens is 240 g/mol. The third kappa shape index (κ3) is 3.47. The summed E-state index contributed by atoms with van der Waals surface area (Å²) in [6, 6.07) is 5.40. The van der Waals surface area contributed by atoms with Gasteiger partial charge in [0.05, 0.1) is 11.3 Å². The average Bonchev–Trinajstić information content (AvgIpc) is 2.39. The van der Waals surface area contributed by atoms with E-state index in [2.05, 4.69) is 17.3 Å². The first-order valence-electron chi connectivity index (χ1n) is 6.83. The number of benzene rings is 1. The van der Waals surface area contributed by atoms with Gasteiger partial charge in [0.25, 0.3) is 0 Å². The van der Waals surface area contributed by atoms with Gasteiger partial charge >= 0.3 is 5.97 Å². The van der Waals surface area contributed by atoms with Gasteiger partial charge in [-0.25, -0.2) is 4.79 Å². The van der Waals surface area contributed by atoms with E-state index in [9.17, 15) is 9.90 Å². The van der Waals surface area contributed by atoms with Gasteiger partial charge in [0, 0.05) is 6.54 Å². The maximum Gasteiger partial charge on any atom is 0.337 e. The SMILES string of the molecule is Cc1cccc(C(=O)O)c1NCC1CCN(C)CC1. The maximum absolute atomic E-state index is 11.2. The second kappa shape index (κ2) is 6.06. The summed E-state index contributed by atoms with van der Waals surface area (Å²) < 4.78 is 0. The smallest absolute Gasteiger partial charge is 0.337 e. The molecular formula is C15H22N2O2.